The molecule has 0 aliphatic rings. The van der Waals surface area contributed by atoms with Gasteiger partial charge in [0.1, 0.15) is 5.75 Å². The molecule has 4 nitrogen and oxygen atoms in total. The highest BCUT2D eigenvalue weighted by Gasteiger charge is 2.19. The molecule has 1 aromatic rings. The maximum atomic E-state index is 10.1. The molecule has 0 heterocycles. The van der Waals surface area contributed by atoms with Crippen LogP contribution in [0.4, 0.5) is 0 Å². The van der Waals surface area contributed by atoms with Crippen molar-refractivity contribution in [3.05, 3.63) is 29.8 Å². The maximum Gasteiger partial charge on any atom is 0.123 e. The second-order valence-corrected chi connectivity index (χ2v) is 4.97. The Hall–Kier alpha value is -1.10. The van der Waals surface area contributed by atoms with Crippen LogP contribution in [0.1, 0.15) is 32.4 Å². The van der Waals surface area contributed by atoms with Crippen molar-refractivity contribution in [1.29, 1.82) is 0 Å². The Morgan fingerprint density at radius 2 is 2.00 bits per heavy atom. The molecule has 2 atom stereocenters. The average molecular weight is 280 g/mol. The summed E-state index contributed by atoms with van der Waals surface area (Å²) in [5.74, 6) is 0.902. The van der Waals surface area contributed by atoms with Crippen molar-refractivity contribution in [2.24, 2.45) is 0 Å². The number of likely N-dealkylation sites (N-methyl/N-ethyl adjacent to an activating group) is 2. The molecule has 0 saturated carbocycles. The summed E-state index contributed by atoms with van der Waals surface area (Å²) in [6.45, 7) is 9.37. The Labute approximate surface area is 122 Å². The van der Waals surface area contributed by atoms with E-state index in [-0.39, 0.29) is 12.1 Å². The van der Waals surface area contributed by atoms with Gasteiger partial charge < -0.3 is 15.2 Å². The lowest BCUT2D eigenvalue weighted by Gasteiger charge is -2.31. The number of nitrogens with zero attached hydrogens (tertiary/aromatic N) is 1. The van der Waals surface area contributed by atoms with Crippen molar-refractivity contribution >= 4 is 0 Å². The van der Waals surface area contributed by atoms with Crippen molar-refractivity contribution < 1.29 is 9.84 Å². The van der Waals surface area contributed by atoms with Crippen molar-refractivity contribution in [1.82, 2.24) is 10.2 Å². The number of nitrogens with one attached hydrogen (secondary N) is 1. The van der Waals surface area contributed by atoms with Crippen molar-refractivity contribution in [3.8, 4) is 5.75 Å². The minimum absolute atomic E-state index is 0.215. The van der Waals surface area contributed by atoms with Gasteiger partial charge in [-0.25, -0.2) is 0 Å². The number of rotatable bonds is 9. The summed E-state index contributed by atoms with van der Waals surface area (Å²) in [6.07, 6.45) is -0.355. The van der Waals surface area contributed by atoms with E-state index >= 15 is 0 Å². The molecule has 1 unspecified atom stereocenters. The van der Waals surface area contributed by atoms with Crippen LogP contribution in [0, 0.1) is 0 Å². The van der Waals surface area contributed by atoms with E-state index in [9.17, 15) is 5.11 Å². The van der Waals surface area contributed by atoms with Crippen molar-refractivity contribution in [2.75, 3.05) is 33.3 Å². The number of hydrogen-bond acceptors (Lipinski definition) is 4. The molecule has 0 aliphatic carbocycles. The predicted molar refractivity (Wildman–Crippen MR) is 83.2 cm³/mol. The zero-order valence-corrected chi connectivity index (χ0v) is 13.1. The smallest absolute Gasteiger partial charge is 0.123 e. The third-order valence-corrected chi connectivity index (χ3v) is 3.62. The number of aliphatic hydroxyl groups is 1. The number of methoxy groups -OCH3 is 1. The molecular formula is C16H28N2O2. The van der Waals surface area contributed by atoms with Gasteiger partial charge in [-0.3, -0.25) is 4.90 Å². The van der Waals surface area contributed by atoms with Gasteiger partial charge in [0.25, 0.3) is 0 Å². The molecule has 0 aliphatic heterocycles. The molecule has 20 heavy (non-hydrogen) atoms. The standard InChI is InChI=1S/C16H28N2O2/c1-5-17-11-14(19)12-18(6-2)13(3)15-9-7-8-10-16(15)20-4/h7-10,13-14,17,19H,5-6,11-12H2,1-4H3/t13-,14?/m0/s1. The van der Waals surface area contributed by atoms with Crippen LogP contribution in [-0.4, -0.2) is 49.4 Å². The van der Waals surface area contributed by atoms with Gasteiger partial charge in [-0.1, -0.05) is 32.0 Å². The summed E-state index contributed by atoms with van der Waals surface area (Å²) in [7, 11) is 1.70. The lowest BCUT2D eigenvalue weighted by Crippen LogP contribution is -2.39. The first-order valence-corrected chi connectivity index (χ1v) is 7.39. The Morgan fingerprint density at radius 1 is 1.30 bits per heavy atom. The second kappa shape index (κ2) is 8.95. The highest BCUT2D eigenvalue weighted by molar-refractivity contribution is 5.35. The van der Waals surface area contributed by atoms with E-state index in [1.165, 1.54) is 0 Å². The molecule has 2 N–H and O–H groups in total. The summed E-state index contributed by atoms with van der Waals surface area (Å²) in [4.78, 5) is 2.26. The van der Waals surface area contributed by atoms with Crippen molar-refractivity contribution in [3.63, 3.8) is 0 Å². The third kappa shape index (κ3) is 4.78. The fourth-order valence-corrected chi connectivity index (χ4v) is 2.42. The molecule has 114 valence electrons. The molecular weight excluding hydrogens is 252 g/mol. The van der Waals surface area contributed by atoms with Gasteiger partial charge in [-0.05, 0) is 26.1 Å². The first-order valence-electron chi connectivity index (χ1n) is 7.39. The van der Waals surface area contributed by atoms with E-state index in [1.807, 2.05) is 25.1 Å². The quantitative estimate of drug-likeness (QED) is 0.727. The molecule has 0 saturated heterocycles. The summed E-state index contributed by atoms with van der Waals surface area (Å²) in [6, 6.07) is 8.28. The van der Waals surface area contributed by atoms with Crippen LogP contribution in [-0.2, 0) is 0 Å². The van der Waals surface area contributed by atoms with E-state index in [0.717, 1.165) is 24.4 Å². The number of ether oxygens (including phenoxy) is 1. The van der Waals surface area contributed by atoms with Crippen LogP contribution in [0.3, 0.4) is 0 Å². The Balaban J connectivity index is 2.73. The zero-order valence-electron chi connectivity index (χ0n) is 13.1. The maximum absolute atomic E-state index is 10.1. The highest BCUT2D eigenvalue weighted by Crippen LogP contribution is 2.28. The number of benzene rings is 1. The minimum Gasteiger partial charge on any atom is -0.496 e. The van der Waals surface area contributed by atoms with E-state index in [0.29, 0.717) is 13.1 Å². The van der Waals surface area contributed by atoms with E-state index in [4.69, 9.17) is 4.74 Å². The van der Waals surface area contributed by atoms with E-state index in [2.05, 4.69) is 30.1 Å². The topological polar surface area (TPSA) is 44.7 Å². The zero-order chi connectivity index (χ0) is 15.0. The van der Waals surface area contributed by atoms with Crippen LogP contribution >= 0.6 is 0 Å². The van der Waals surface area contributed by atoms with Gasteiger partial charge >= 0.3 is 0 Å². The number of para-hydroxylation sites is 1. The molecule has 0 radical (unpaired) electrons. The van der Waals surface area contributed by atoms with Crippen LogP contribution in [0.15, 0.2) is 24.3 Å². The second-order valence-electron chi connectivity index (χ2n) is 4.97. The summed E-state index contributed by atoms with van der Waals surface area (Å²) in [5, 5.41) is 13.2. The third-order valence-electron chi connectivity index (χ3n) is 3.62. The lowest BCUT2D eigenvalue weighted by atomic mass is 10.1. The molecule has 4 heteroatoms. The molecule has 0 fully saturated rings. The summed E-state index contributed by atoms with van der Waals surface area (Å²) in [5.41, 5.74) is 1.16. The fraction of sp³-hybridized carbons (Fsp3) is 0.625. The van der Waals surface area contributed by atoms with Gasteiger partial charge in [0.2, 0.25) is 0 Å². The van der Waals surface area contributed by atoms with Gasteiger partial charge in [0, 0.05) is 24.7 Å². The predicted octanol–water partition coefficient (Wildman–Crippen LogP) is 2.05. The molecule has 0 bridgehead atoms. The van der Waals surface area contributed by atoms with Crippen LogP contribution < -0.4 is 10.1 Å². The van der Waals surface area contributed by atoms with Crippen LogP contribution in [0.5, 0.6) is 5.75 Å². The number of aliphatic hydroxyl groups excluding tert-OH is 1. The Bertz CT molecular complexity index is 384. The normalized spacial score (nSPS) is 14.3. The molecule has 0 amide bonds. The monoisotopic (exact) mass is 280 g/mol. The first kappa shape index (κ1) is 17.0. The minimum atomic E-state index is -0.355. The van der Waals surface area contributed by atoms with Gasteiger partial charge in [0.05, 0.1) is 13.2 Å². The van der Waals surface area contributed by atoms with Crippen LogP contribution in [0.25, 0.3) is 0 Å². The SMILES string of the molecule is CCNCC(O)CN(CC)[C@@H](C)c1ccccc1OC. The van der Waals surface area contributed by atoms with Gasteiger partial charge in [-0.15, -0.1) is 0 Å². The van der Waals surface area contributed by atoms with Crippen molar-refractivity contribution in [2.45, 2.75) is 32.9 Å². The molecule has 0 spiro atoms. The molecule has 0 aromatic heterocycles. The average Bonchev–Trinajstić information content (AvgIpc) is 2.49. The Morgan fingerprint density at radius 3 is 2.60 bits per heavy atom. The van der Waals surface area contributed by atoms with E-state index < -0.39 is 0 Å². The van der Waals surface area contributed by atoms with Gasteiger partial charge in [0.15, 0.2) is 0 Å². The first-order chi connectivity index (χ1) is 9.63. The largest absolute Gasteiger partial charge is 0.496 e. The number of hydrogen-bond donors (Lipinski definition) is 2. The lowest BCUT2D eigenvalue weighted by molar-refractivity contribution is 0.0933. The Kier molecular flexibility index (Phi) is 7.59. The molecule has 1 rings (SSSR count). The van der Waals surface area contributed by atoms with Crippen LogP contribution in [0.2, 0.25) is 0 Å². The van der Waals surface area contributed by atoms with Gasteiger partial charge in [-0.2, -0.15) is 0 Å². The van der Waals surface area contributed by atoms with E-state index in [1.54, 1.807) is 7.11 Å². The fourth-order valence-electron chi connectivity index (χ4n) is 2.42. The molecule has 1 aromatic carbocycles. The highest BCUT2D eigenvalue weighted by atomic mass is 16.5. The summed E-state index contributed by atoms with van der Waals surface area (Å²) < 4.78 is 5.43. The summed E-state index contributed by atoms with van der Waals surface area (Å²) >= 11 is 0.